The summed E-state index contributed by atoms with van der Waals surface area (Å²) in [7, 11) is 0. The van der Waals surface area contributed by atoms with E-state index in [1.54, 1.807) is 0 Å². The van der Waals surface area contributed by atoms with Crippen molar-refractivity contribution in [2.75, 3.05) is 18.4 Å². The number of aromatic hydroxyl groups is 1. The molecule has 1 aliphatic rings. The maximum Gasteiger partial charge on any atom is 0.224 e. The van der Waals surface area contributed by atoms with Crippen LogP contribution < -0.4 is 10.6 Å². The third-order valence-corrected chi connectivity index (χ3v) is 4.15. The molecule has 0 saturated carbocycles. The van der Waals surface area contributed by atoms with Gasteiger partial charge in [0.2, 0.25) is 5.91 Å². The smallest absolute Gasteiger partial charge is 0.224 e. The Hall–Kier alpha value is -1.55. The Labute approximate surface area is 120 Å². The Morgan fingerprint density at radius 2 is 2.05 bits per heavy atom. The van der Waals surface area contributed by atoms with E-state index in [1.165, 1.54) is 0 Å². The second kappa shape index (κ2) is 6.75. The van der Waals surface area contributed by atoms with Crippen LogP contribution in [0.25, 0.3) is 0 Å². The summed E-state index contributed by atoms with van der Waals surface area (Å²) in [6.07, 6.45) is 3.83. The van der Waals surface area contributed by atoms with Gasteiger partial charge in [-0.2, -0.15) is 0 Å². The fourth-order valence-corrected chi connectivity index (χ4v) is 2.69. The Morgan fingerprint density at radius 3 is 2.75 bits per heavy atom. The Bertz CT molecular complexity index is 480. The zero-order valence-corrected chi connectivity index (χ0v) is 12.3. The molecule has 2 rings (SSSR count). The molecule has 0 aromatic heterocycles. The summed E-state index contributed by atoms with van der Waals surface area (Å²) < 4.78 is 0. The molecular formula is C16H24N2O2. The van der Waals surface area contributed by atoms with Crippen LogP contribution in [0.15, 0.2) is 12.1 Å². The molecule has 3 N–H and O–H groups in total. The molecule has 0 spiro atoms. The predicted octanol–water partition coefficient (Wildman–Crippen LogP) is 2.73. The summed E-state index contributed by atoms with van der Waals surface area (Å²) in [4.78, 5) is 12.0. The number of nitrogens with one attached hydrogen (secondary N) is 2. The summed E-state index contributed by atoms with van der Waals surface area (Å²) in [6, 6.07) is 3.68. The minimum Gasteiger partial charge on any atom is -0.507 e. The van der Waals surface area contributed by atoms with Gasteiger partial charge < -0.3 is 15.7 Å². The van der Waals surface area contributed by atoms with E-state index in [0.29, 0.717) is 18.0 Å². The fraction of sp³-hybridized carbons (Fsp3) is 0.562. The molecule has 1 fully saturated rings. The molecule has 4 nitrogen and oxygen atoms in total. The number of piperidine rings is 1. The van der Waals surface area contributed by atoms with E-state index >= 15 is 0 Å². The summed E-state index contributed by atoms with van der Waals surface area (Å²) in [5.41, 5.74) is 2.28. The van der Waals surface area contributed by atoms with Gasteiger partial charge in [0.15, 0.2) is 0 Å². The van der Waals surface area contributed by atoms with Crippen molar-refractivity contribution in [1.82, 2.24) is 5.32 Å². The molecule has 0 atom stereocenters. The molecule has 1 aromatic rings. The Kier molecular flexibility index (Phi) is 5.01. The number of amides is 1. The van der Waals surface area contributed by atoms with Crippen molar-refractivity contribution >= 4 is 11.6 Å². The maximum atomic E-state index is 12.0. The first-order chi connectivity index (χ1) is 9.58. The quantitative estimate of drug-likeness (QED) is 0.792. The first-order valence-corrected chi connectivity index (χ1v) is 7.37. The highest BCUT2D eigenvalue weighted by molar-refractivity contribution is 5.91. The van der Waals surface area contributed by atoms with E-state index in [2.05, 4.69) is 10.6 Å². The number of phenols is 1. The standard InChI is InChI=1S/C16H24N2O2/c1-11-3-5-14(12(2)16(11)20)18-15(19)6-4-13-7-9-17-10-8-13/h3,5,13,17,20H,4,6-10H2,1-2H3,(H,18,19). The first-order valence-electron chi connectivity index (χ1n) is 7.37. The van der Waals surface area contributed by atoms with Crippen LogP contribution in [0.5, 0.6) is 5.75 Å². The van der Waals surface area contributed by atoms with Crippen LogP contribution in [0.1, 0.15) is 36.8 Å². The van der Waals surface area contributed by atoms with E-state index in [9.17, 15) is 9.90 Å². The normalized spacial score (nSPS) is 16.1. The van der Waals surface area contributed by atoms with Gasteiger partial charge in [-0.3, -0.25) is 4.79 Å². The molecule has 1 aliphatic heterocycles. The highest BCUT2D eigenvalue weighted by Crippen LogP contribution is 2.28. The van der Waals surface area contributed by atoms with Crippen molar-refractivity contribution in [2.24, 2.45) is 5.92 Å². The first kappa shape index (κ1) is 14.9. The number of carbonyl (C=O) groups is 1. The lowest BCUT2D eigenvalue weighted by atomic mass is 9.93. The van der Waals surface area contributed by atoms with Crippen LogP contribution in [0.2, 0.25) is 0 Å². The van der Waals surface area contributed by atoms with Gasteiger partial charge in [-0.15, -0.1) is 0 Å². The highest BCUT2D eigenvalue weighted by atomic mass is 16.3. The van der Waals surface area contributed by atoms with Gasteiger partial charge in [0.25, 0.3) is 0 Å². The van der Waals surface area contributed by atoms with Crippen LogP contribution in [0, 0.1) is 19.8 Å². The number of rotatable bonds is 4. The number of aryl methyl sites for hydroxylation is 1. The van der Waals surface area contributed by atoms with Gasteiger partial charge >= 0.3 is 0 Å². The molecule has 0 radical (unpaired) electrons. The fourth-order valence-electron chi connectivity index (χ4n) is 2.69. The van der Waals surface area contributed by atoms with Gasteiger partial charge in [-0.1, -0.05) is 6.07 Å². The zero-order valence-electron chi connectivity index (χ0n) is 12.3. The summed E-state index contributed by atoms with van der Waals surface area (Å²) in [5.74, 6) is 0.963. The molecule has 0 unspecified atom stereocenters. The predicted molar refractivity (Wildman–Crippen MR) is 81.0 cm³/mol. The van der Waals surface area contributed by atoms with Gasteiger partial charge in [0, 0.05) is 17.7 Å². The van der Waals surface area contributed by atoms with Crippen molar-refractivity contribution in [3.05, 3.63) is 23.3 Å². The van der Waals surface area contributed by atoms with Crippen molar-refractivity contribution < 1.29 is 9.90 Å². The van der Waals surface area contributed by atoms with Gasteiger partial charge in [0.05, 0.1) is 0 Å². The van der Waals surface area contributed by atoms with Crippen molar-refractivity contribution in [1.29, 1.82) is 0 Å². The second-order valence-corrected chi connectivity index (χ2v) is 5.68. The van der Waals surface area contributed by atoms with Crippen LogP contribution in [0.4, 0.5) is 5.69 Å². The summed E-state index contributed by atoms with van der Waals surface area (Å²) in [6.45, 7) is 5.81. The number of hydrogen-bond acceptors (Lipinski definition) is 3. The second-order valence-electron chi connectivity index (χ2n) is 5.68. The Morgan fingerprint density at radius 1 is 1.35 bits per heavy atom. The van der Waals surface area contributed by atoms with E-state index in [4.69, 9.17) is 0 Å². The van der Waals surface area contributed by atoms with Crippen molar-refractivity contribution in [2.45, 2.75) is 39.5 Å². The monoisotopic (exact) mass is 276 g/mol. The van der Waals surface area contributed by atoms with E-state index in [-0.39, 0.29) is 11.7 Å². The molecule has 0 bridgehead atoms. The van der Waals surface area contributed by atoms with Crippen LogP contribution in [0.3, 0.4) is 0 Å². The van der Waals surface area contributed by atoms with Crippen LogP contribution >= 0.6 is 0 Å². The van der Waals surface area contributed by atoms with Gasteiger partial charge in [-0.05, 0) is 63.7 Å². The molecule has 4 heteroatoms. The SMILES string of the molecule is Cc1ccc(NC(=O)CCC2CCNCC2)c(C)c1O. The van der Waals surface area contributed by atoms with E-state index in [1.807, 2.05) is 26.0 Å². The summed E-state index contributed by atoms with van der Waals surface area (Å²) >= 11 is 0. The number of carbonyl (C=O) groups excluding carboxylic acids is 1. The topological polar surface area (TPSA) is 61.4 Å². The maximum absolute atomic E-state index is 12.0. The third-order valence-electron chi connectivity index (χ3n) is 4.15. The van der Waals surface area contributed by atoms with Gasteiger partial charge in [0.1, 0.15) is 5.75 Å². The molecule has 110 valence electrons. The molecule has 0 aliphatic carbocycles. The minimum atomic E-state index is 0.0369. The number of phenolic OH excluding ortho intramolecular Hbond substituents is 1. The van der Waals surface area contributed by atoms with E-state index in [0.717, 1.165) is 43.5 Å². The minimum absolute atomic E-state index is 0.0369. The average Bonchev–Trinajstić information content (AvgIpc) is 2.47. The number of anilines is 1. The highest BCUT2D eigenvalue weighted by Gasteiger charge is 2.15. The number of benzene rings is 1. The van der Waals surface area contributed by atoms with Crippen molar-refractivity contribution in [3.63, 3.8) is 0 Å². The molecule has 20 heavy (non-hydrogen) atoms. The average molecular weight is 276 g/mol. The molecule has 1 aromatic carbocycles. The zero-order chi connectivity index (χ0) is 14.5. The van der Waals surface area contributed by atoms with Crippen molar-refractivity contribution in [3.8, 4) is 5.75 Å². The van der Waals surface area contributed by atoms with Crippen LogP contribution in [-0.4, -0.2) is 24.1 Å². The summed E-state index contributed by atoms with van der Waals surface area (Å²) in [5, 5.41) is 16.1. The molecule has 1 heterocycles. The third kappa shape index (κ3) is 3.73. The molecular weight excluding hydrogens is 252 g/mol. The Balaban J connectivity index is 1.86. The molecule has 1 saturated heterocycles. The largest absolute Gasteiger partial charge is 0.507 e. The van der Waals surface area contributed by atoms with E-state index < -0.39 is 0 Å². The van der Waals surface area contributed by atoms with Crippen LogP contribution in [-0.2, 0) is 4.79 Å². The lowest BCUT2D eigenvalue weighted by molar-refractivity contribution is -0.116. The van der Waals surface area contributed by atoms with Gasteiger partial charge in [-0.25, -0.2) is 0 Å². The number of hydrogen-bond donors (Lipinski definition) is 3. The lowest BCUT2D eigenvalue weighted by Gasteiger charge is -2.22. The lowest BCUT2D eigenvalue weighted by Crippen LogP contribution is -2.28. The molecule has 1 amide bonds.